The summed E-state index contributed by atoms with van der Waals surface area (Å²) in [6.07, 6.45) is 1.92. The number of aromatic hydroxyl groups is 1. The van der Waals surface area contributed by atoms with Crippen LogP contribution in [0, 0.1) is 0 Å². The quantitative estimate of drug-likeness (QED) is 0.173. The highest BCUT2D eigenvalue weighted by Crippen LogP contribution is 2.48. The van der Waals surface area contributed by atoms with Crippen LogP contribution in [-0.4, -0.2) is 19.6 Å². The van der Waals surface area contributed by atoms with Gasteiger partial charge in [0, 0.05) is 28.5 Å². The number of rotatable bonds is 7. The lowest BCUT2D eigenvalue weighted by molar-refractivity contribution is 0.446. The van der Waals surface area contributed by atoms with E-state index < -0.39 is 0 Å². The molecule has 0 aliphatic heterocycles. The minimum absolute atomic E-state index is 0.157. The van der Waals surface area contributed by atoms with Crippen LogP contribution in [0.2, 0.25) is 0 Å². The van der Waals surface area contributed by atoms with Crippen molar-refractivity contribution in [2.45, 2.75) is 105 Å². The number of pyridine rings is 1. The molecule has 4 nitrogen and oxygen atoms in total. The SMILES string of the molecule is CC(C)(C)c1cc(-c2cc(-c3ccccc3)ccn2)cc(-c2cccc3c2nc(-c2cc(C(C)(C)C)cc(C(C)(C)C)c2O)n3-c2cc(-c3ccccc3)c(C(C)(C)C)cc2-c2ccccc2)c1. The molecule has 0 aliphatic carbocycles. The molecule has 2 heterocycles. The fraction of sp³-hybridized carbons (Fsp3) is 0.250. The maximum Gasteiger partial charge on any atom is 0.149 e. The molecule has 0 fully saturated rings. The van der Waals surface area contributed by atoms with Crippen LogP contribution >= 0.6 is 0 Å². The molecule has 0 aliphatic rings. The molecule has 0 spiro atoms. The van der Waals surface area contributed by atoms with Gasteiger partial charge in [-0.2, -0.15) is 0 Å². The van der Waals surface area contributed by atoms with Crippen molar-refractivity contribution in [2.24, 2.45) is 0 Å². The van der Waals surface area contributed by atoms with Crippen LogP contribution in [0.4, 0.5) is 0 Å². The Morgan fingerprint density at radius 3 is 1.54 bits per heavy atom. The molecular weight excluding hydrogens is 827 g/mol. The van der Waals surface area contributed by atoms with Crippen LogP contribution in [-0.2, 0) is 21.7 Å². The van der Waals surface area contributed by atoms with Crippen molar-refractivity contribution >= 4 is 11.0 Å². The maximum absolute atomic E-state index is 12.8. The second kappa shape index (κ2) is 17.2. The molecule has 0 atom stereocenters. The van der Waals surface area contributed by atoms with E-state index in [9.17, 15) is 5.11 Å². The topological polar surface area (TPSA) is 50.9 Å². The molecule has 342 valence electrons. The zero-order valence-corrected chi connectivity index (χ0v) is 42.0. The number of aromatic nitrogens is 3. The first-order valence-corrected chi connectivity index (χ1v) is 24.0. The van der Waals surface area contributed by atoms with Crippen molar-refractivity contribution in [3.8, 4) is 78.6 Å². The third-order valence-electron chi connectivity index (χ3n) is 13.3. The van der Waals surface area contributed by atoms with Crippen LogP contribution < -0.4 is 0 Å². The summed E-state index contributed by atoms with van der Waals surface area (Å²) in [6.45, 7) is 26.9. The molecular formula is C64H65N3O. The summed E-state index contributed by atoms with van der Waals surface area (Å²) in [7, 11) is 0. The van der Waals surface area contributed by atoms with E-state index in [4.69, 9.17) is 9.97 Å². The summed E-state index contributed by atoms with van der Waals surface area (Å²) < 4.78 is 2.33. The van der Waals surface area contributed by atoms with Crippen molar-refractivity contribution in [1.82, 2.24) is 14.5 Å². The minimum atomic E-state index is -0.345. The Bertz CT molecular complexity index is 3300. The number of benzene rings is 7. The number of phenols is 1. The molecule has 0 amide bonds. The Morgan fingerprint density at radius 2 is 0.956 bits per heavy atom. The van der Waals surface area contributed by atoms with Gasteiger partial charge in [-0.25, -0.2) is 4.98 Å². The standard InChI is InChI=1S/C64H65N3O/c1-61(2,3)47-34-45(33-46(35-47)55-36-44(31-32-65-55)41-23-16-13-17-24-41)49-29-22-30-56-58(49)66-60(52-37-48(62(4,5)6)38-54(59(52)68)64(10,11)12)67(56)57-40-50(42-25-18-14-19-26-42)53(63(7,8)9)39-51(57)43-27-20-15-21-28-43/h13-40,68H,1-12H3. The molecule has 0 bridgehead atoms. The first kappa shape index (κ1) is 46.1. The van der Waals surface area contributed by atoms with Gasteiger partial charge in [-0.15, -0.1) is 0 Å². The van der Waals surface area contributed by atoms with Crippen molar-refractivity contribution in [1.29, 1.82) is 0 Å². The van der Waals surface area contributed by atoms with Crippen molar-refractivity contribution in [3.05, 3.63) is 192 Å². The summed E-state index contributed by atoms with van der Waals surface area (Å²) in [4.78, 5) is 10.8. The fourth-order valence-corrected chi connectivity index (χ4v) is 9.43. The van der Waals surface area contributed by atoms with Crippen molar-refractivity contribution in [3.63, 3.8) is 0 Å². The van der Waals surface area contributed by atoms with Crippen molar-refractivity contribution < 1.29 is 5.11 Å². The minimum Gasteiger partial charge on any atom is -0.507 e. The van der Waals surface area contributed by atoms with Gasteiger partial charge in [0.2, 0.25) is 0 Å². The second-order valence-electron chi connectivity index (χ2n) is 22.6. The average Bonchev–Trinajstić information content (AvgIpc) is 3.70. The number of hydrogen-bond acceptors (Lipinski definition) is 3. The maximum atomic E-state index is 12.8. The van der Waals surface area contributed by atoms with Crippen LogP contribution in [0.3, 0.4) is 0 Å². The lowest BCUT2D eigenvalue weighted by Gasteiger charge is -2.28. The van der Waals surface area contributed by atoms with Gasteiger partial charge in [-0.05, 0) is 120 Å². The molecule has 0 unspecified atom stereocenters. The molecule has 7 aromatic carbocycles. The van der Waals surface area contributed by atoms with Crippen LogP contribution in [0.25, 0.3) is 83.9 Å². The Balaban J connectivity index is 1.41. The molecule has 0 radical (unpaired) electrons. The highest BCUT2D eigenvalue weighted by molar-refractivity contribution is 5.98. The third-order valence-corrected chi connectivity index (χ3v) is 13.3. The summed E-state index contributed by atoms with van der Waals surface area (Å²) in [5.74, 6) is 0.937. The fourth-order valence-electron chi connectivity index (χ4n) is 9.43. The Hall–Kier alpha value is -7.04. The first-order chi connectivity index (χ1) is 32.2. The van der Waals surface area contributed by atoms with Gasteiger partial charge in [0.15, 0.2) is 0 Å². The number of hydrogen-bond donors (Lipinski definition) is 1. The zero-order chi connectivity index (χ0) is 48.3. The summed E-state index contributed by atoms with van der Waals surface area (Å²) >= 11 is 0. The average molecular weight is 892 g/mol. The normalized spacial score (nSPS) is 12.5. The van der Waals surface area contributed by atoms with E-state index in [2.05, 4.69) is 251 Å². The number of imidazole rings is 1. The summed E-state index contributed by atoms with van der Waals surface area (Å²) in [5.41, 5.74) is 17.9. The van der Waals surface area contributed by atoms with E-state index in [0.717, 1.165) is 83.6 Å². The van der Waals surface area contributed by atoms with E-state index in [1.165, 1.54) is 11.1 Å². The van der Waals surface area contributed by atoms with Gasteiger partial charge in [-0.1, -0.05) is 198 Å². The third kappa shape index (κ3) is 8.93. The van der Waals surface area contributed by atoms with E-state index in [1.807, 2.05) is 6.20 Å². The number of para-hydroxylation sites is 1. The number of fused-ring (bicyclic) bond motifs is 1. The van der Waals surface area contributed by atoms with Gasteiger partial charge in [-0.3, -0.25) is 9.55 Å². The molecule has 9 rings (SSSR count). The predicted octanol–water partition coefficient (Wildman–Crippen LogP) is 17.3. The van der Waals surface area contributed by atoms with Crippen molar-refractivity contribution in [2.75, 3.05) is 0 Å². The monoisotopic (exact) mass is 892 g/mol. The zero-order valence-electron chi connectivity index (χ0n) is 42.0. The molecule has 4 heteroatoms. The molecule has 2 aromatic heterocycles. The molecule has 0 saturated heterocycles. The smallest absolute Gasteiger partial charge is 0.149 e. The first-order valence-electron chi connectivity index (χ1n) is 24.0. The molecule has 9 aromatic rings. The number of nitrogens with zero attached hydrogens (tertiary/aromatic N) is 3. The number of phenolic OH excluding ortho intramolecular Hbond substituents is 1. The Labute approximate surface area is 404 Å². The van der Waals surface area contributed by atoms with E-state index >= 15 is 0 Å². The second-order valence-corrected chi connectivity index (χ2v) is 22.6. The highest BCUT2D eigenvalue weighted by Gasteiger charge is 2.31. The van der Waals surface area contributed by atoms with E-state index in [1.54, 1.807) is 0 Å². The van der Waals surface area contributed by atoms with Gasteiger partial charge in [0.1, 0.15) is 11.6 Å². The molecule has 1 N–H and O–H groups in total. The van der Waals surface area contributed by atoms with Crippen LogP contribution in [0.1, 0.15) is 105 Å². The Kier molecular flexibility index (Phi) is 11.7. The van der Waals surface area contributed by atoms with Crippen LogP contribution in [0.5, 0.6) is 5.75 Å². The Morgan fingerprint density at radius 1 is 0.397 bits per heavy atom. The lowest BCUT2D eigenvalue weighted by atomic mass is 9.78. The van der Waals surface area contributed by atoms with Gasteiger partial charge < -0.3 is 5.11 Å². The van der Waals surface area contributed by atoms with Gasteiger partial charge in [0.25, 0.3) is 0 Å². The van der Waals surface area contributed by atoms with Gasteiger partial charge >= 0.3 is 0 Å². The van der Waals surface area contributed by atoms with E-state index in [0.29, 0.717) is 11.4 Å². The lowest BCUT2D eigenvalue weighted by Crippen LogP contribution is -2.17. The summed E-state index contributed by atoms with van der Waals surface area (Å²) in [6, 6.07) is 58.8. The highest BCUT2D eigenvalue weighted by atomic mass is 16.3. The molecule has 68 heavy (non-hydrogen) atoms. The van der Waals surface area contributed by atoms with Gasteiger partial charge in [0.05, 0.1) is 28.0 Å². The predicted molar refractivity (Wildman–Crippen MR) is 288 cm³/mol. The summed E-state index contributed by atoms with van der Waals surface area (Å²) in [5, 5.41) is 12.8. The van der Waals surface area contributed by atoms with E-state index in [-0.39, 0.29) is 27.4 Å². The van der Waals surface area contributed by atoms with Crippen LogP contribution in [0.15, 0.2) is 170 Å². The molecule has 0 saturated carbocycles. The largest absolute Gasteiger partial charge is 0.507 e.